The molecule has 48 valence electrons. The molecular formula is C5H6N2O2. The van der Waals surface area contributed by atoms with Gasteiger partial charge in [0, 0.05) is 0 Å². The van der Waals surface area contributed by atoms with E-state index in [2.05, 4.69) is 9.40 Å². The van der Waals surface area contributed by atoms with E-state index < -0.39 is 0 Å². The third-order valence-electron chi connectivity index (χ3n) is 0.856. The first-order chi connectivity index (χ1) is 4.34. The first kappa shape index (κ1) is 5.97. The van der Waals surface area contributed by atoms with Crippen LogP contribution in [-0.2, 0) is 0 Å². The molecule has 0 radical (unpaired) electrons. The molecule has 0 unspecified atom stereocenters. The summed E-state index contributed by atoms with van der Waals surface area (Å²) < 4.78 is 4.65. The van der Waals surface area contributed by atoms with Crippen LogP contribution in [0.3, 0.4) is 0 Å². The molecule has 0 atom stereocenters. The topological polar surface area (TPSA) is 69.1 Å². The molecule has 0 aliphatic rings. The number of carbonyl (C=O) groups is 1. The van der Waals surface area contributed by atoms with Crippen molar-refractivity contribution in [3.8, 4) is 0 Å². The molecule has 9 heavy (non-hydrogen) atoms. The van der Waals surface area contributed by atoms with E-state index in [0.29, 0.717) is 0 Å². The van der Waals surface area contributed by atoms with Gasteiger partial charge in [-0.05, 0) is 0 Å². The molecule has 0 aliphatic heterocycles. The average molecular weight is 126 g/mol. The maximum Gasteiger partial charge on any atom is 0.264 e. The van der Waals surface area contributed by atoms with Crippen molar-refractivity contribution in [1.82, 2.24) is 4.98 Å². The molecule has 0 aliphatic carbocycles. The van der Waals surface area contributed by atoms with Crippen molar-refractivity contribution in [3.05, 3.63) is 18.4 Å². The Hall–Kier alpha value is -1.16. The van der Waals surface area contributed by atoms with Crippen molar-refractivity contribution >= 4 is 5.78 Å². The molecule has 0 spiro atoms. The third-order valence-corrected chi connectivity index (χ3v) is 0.856. The molecule has 1 aromatic heterocycles. The number of rotatable bonds is 2. The summed E-state index contributed by atoms with van der Waals surface area (Å²) in [4.78, 5) is 14.2. The minimum absolute atomic E-state index is 0.0550. The van der Waals surface area contributed by atoms with Crippen molar-refractivity contribution in [3.63, 3.8) is 0 Å². The Bertz CT molecular complexity index is 193. The highest BCUT2D eigenvalue weighted by atomic mass is 16.3. The van der Waals surface area contributed by atoms with Gasteiger partial charge < -0.3 is 10.2 Å². The van der Waals surface area contributed by atoms with Crippen LogP contribution in [0.2, 0.25) is 0 Å². The largest absolute Gasteiger partial charge is 0.442 e. The van der Waals surface area contributed by atoms with Gasteiger partial charge in [-0.15, -0.1) is 0 Å². The lowest BCUT2D eigenvalue weighted by Gasteiger charge is -1.84. The normalized spacial score (nSPS) is 9.44. The highest BCUT2D eigenvalue weighted by Crippen LogP contribution is 1.93. The maximum atomic E-state index is 10.6. The fourth-order valence-electron chi connectivity index (χ4n) is 0.448. The van der Waals surface area contributed by atoms with Gasteiger partial charge in [0.15, 0.2) is 0 Å². The highest BCUT2D eigenvalue weighted by molar-refractivity contribution is 5.93. The molecule has 0 saturated heterocycles. The lowest BCUT2D eigenvalue weighted by molar-refractivity contribution is 0.0968. The van der Waals surface area contributed by atoms with E-state index in [0.717, 1.165) is 0 Å². The van der Waals surface area contributed by atoms with Crippen LogP contribution in [0.15, 0.2) is 16.9 Å². The Morgan fingerprint density at radius 2 is 2.67 bits per heavy atom. The summed E-state index contributed by atoms with van der Waals surface area (Å²) in [6, 6.07) is 0. The van der Waals surface area contributed by atoms with Gasteiger partial charge in [-0.25, -0.2) is 4.98 Å². The maximum absolute atomic E-state index is 10.6. The number of ketones is 1. The van der Waals surface area contributed by atoms with Gasteiger partial charge in [0.1, 0.15) is 6.26 Å². The monoisotopic (exact) mass is 126 g/mol. The van der Waals surface area contributed by atoms with E-state index in [9.17, 15) is 4.79 Å². The molecule has 0 fully saturated rings. The van der Waals surface area contributed by atoms with Gasteiger partial charge in [-0.2, -0.15) is 0 Å². The standard InChI is InChI=1S/C5H6N2O2/c6-3-4(8)5-7-1-2-9-5/h1-2H,3,6H2. The number of carbonyl (C=O) groups excluding carboxylic acids is 1. The molecule has 0 bridgehead atoms. The quantitative estimate of drug-likeness (QED) is 0.558. The fourth-order valence-corrected chi connectivity index (χ4v) is 0.448. The molecule has 0 saturated carbocycles. The van der Waals surface area contributed by atoms with E-state index >= 15 is 0 Å². The van der Waals surface area contributed by atoms with Crippen LogP contribution in [0.1, 0.15) is 10.7 Å². The molecule has 1 aromatic rings. The average Bonchev–Trinajstić information content (AvgIpc) is 2.37. The summed E-state index contributed by atoms with van der Waals surface area (Å²) in [5, 5.41) is 0. The molecule has 1 rings (SSSR count). The van der Waals surface area contributed by atoms with Gasteiger partial charge in [-0.1, -0.05) is 0 Å². The summed E-state index contributed by atoms with van der Waals surface area (Å²) >= 11 is 0. The first-order valence-electron chi connectivity index (χ1n) is 2.47. The van der Waals surface area contributed by atoms with Crippen molar-refractivity contribution in [2.75, 3.05) is 6.54 Å². The summed E-state index contributed by atoms with van der Waals surface area (Å²) in [7, 11) is 0. The number of Topliss-reactive ketones (excluding diaryl/α,β-unsaturated/α-hetero) is 1. The Kier molecular flexibility index (Phi) is 1.60. The van der Waals surface area contributed by atoms with Crippen LogP contribution in [-0.4, -0.2) is 17.3 Å². The van der Waals surface area contributed by atoms with Gasteiger partial charge >= 0.3 is 0 Å². The van der Waals surface area contributed by atoms with Crippen molar-refractivity contribution < 1.29 is 9.21 Å². The van der Waals surface area contributed by atoms with E-state index in [1.807, 2.05) is 0 Å². The van der Waals surface area contributed by atoms with Crippen LogP contribution in [0.4, 0.5) is 0 Å². The second-order valence-corrected chi connectivity index (χ2v) is 1.46. The highest BCUT2D eigenvalue weighted by Gasteiger charge is 2.05. The second-order valence-electron chi connectivity index (χ2n) is 1.46. The minimum atomic E-state index is -0.278. The summed E-state index contributed by atoms with van der Waals surface area (Å²) in [5.41, 5.74) is 5.01. The van der Waals surface area contributed by atoms with Crippen LogP contribution in [0.5, 0.6) is 0 Å². The van der Waals surface area contributed by atoms with E-state index in [1.165, 1.54) is 12.5 Å². The van der Waals surface area contributed by atoms with Gasteiger partial charge in [0.05, 0.1) is 12.7 Å². The first-order valence-corrected chi connectivity index (χ1v) is 2.47. The number of hydrogen-bond donors (Lipinski definition) is 1. The van der Waals surface area contributed by atoms with Crippen LogP contribution >= 0.6 is 0 Å². The lowest BCUT2D eigenvalue weighted by atomic mass is 10.4. The number of hydrogen-bond acceptors (Lipinski definition) is 4. The van der Waals surface area contributed by atoms with E-state index in [4.69, 9.17) is 5.73 Å². The van der Waals surface area contributed by atoms with Crippen LogP contribution < -0.4 is 5.73 Å². The number of oxazole rings is 1. The Morgan fingerprint density at radius 3 is 3.11 bits per heavy atom. The van der Waals surface area contributed by atoms with Crippen LogP contribution in [0.25, 0.3) is 0 Å². The summed E-state index contributed by atoms with van der Waals surface area (Å²) in [5.74, 6) is -0.197. The molecule has 4 nitrogen and oxygen atoms in total. The predicted octanol–water partition coefficient (Wildman–Crippen LogP) is -0.184. The molecule has 0 aromatic carbocycles. The van der Waals surface area contributed by atoms with Crippen molar-refractivity contribution in [2.45, 2.75) is 0 Å². The van der Waals surface area contributed by atoms with E-state index in [1.54, 1.807) is 0 Å². The molecule has 1 heterocycles. The van der Waals surface area contributed by atoms with Crippen LogP contribution in [0, 0.1) is 0 Å². The van der Waals surface area contributed by atoms with E-state index in [-0.39, 0.29) is 18.2 Å². The zero-order valence-electron chi connectivity index (χ0n) is 4.70. The van der Waals surface area contributed by atoms with Crippen molar-refractivity contribution in [2.24, 2.45) is 5.73 Å². The zero-order valence-corrected chi connectivity index (χ0v) is 4.70. The Balaban J connectivity index is 2.77. The molecular weight excluding hydrogens is 120 g/mol. The summed E-state index contributed by atoms with van der Waals surface area (Å²) in [6.07, 6.45) is 2.74. The Labute approximate surface area is 51.7 Å². The fraction of sp³-hybridized carbons (Fsp3) is 0.200. The third kappa shape index (κ3) is 1.14. The smallest absolute Gasteiger partial charge is 0.264 e. The second kappa shape index (κ2) is 2.41. The molecule has 0 amide bonds. The molecule has 4 heteroatoms. The predicted molar refractivity (Wildman–Crippen MR) is 29.9 cm³/mol. The van der Waals surface area contributed by atoms with Crippen molar-refractivity contribution in [1.29, 1.82) is 0 Å². The molecule has 2 N–H and O–H groups in total. The number of nitrogens with two attached hydrogens (primary N) is 1. The zero-order chi connectivity index (χ0) is 6.69. The van der Waals surface area contributed by atoms with Gasteiger partial charge in [0.2, 0.25) is 5.78 Å². The number of aromatic nitrogens is 1. The SMILES string of the molecule is NCC(=O)c1ncco1. The summed E-state index contributed by atoms with van der Waals surface area (Å²) in [6.45, 7) is -0.0550. The minimum Gasteiger partial charge on any atom is -0.442 e. The lowest BCUT2D eigenvalue weighted by Crippen LogP contribution is -2.13. The van der Waals surface area contributed by atoms with Gasteiger partial charge in [0.25, 0.3) is 5.89 Å². The van der Waals surface area contributed by atoms with Gasteiger partial charge in [-0.3, -0.25) is 4.79 Å². The number of nitrogens with zero attached hydrogens (tertiary/aromatic N) is 1. The Morgan fingerprint density at radius 1 is 1.89 bits per heavy atom.